The molecule has 2 heterocycles. The van der Waals surface area contributed by atoms with Crippen molar-refractivity contribution in [2.45, 2.75) is 45.3 Å². The van der Waals surface area contributed by atoms with Crippen LogP contribution in [0.1, 0.15) is 34.1 Å². The van der Waals surface area contributed by atoms with Crippen LogP contribution in [0.4, 0.5) is 0 Å². The fraction of sp³-hybridized carbons (Fsp3) is 0.833. The van der Waals surface area contributed by atoms with Gasteiger partial charge in [0.1, 0.15) is 0 Å². The molecule has 0 spiro atoms. The van der Waals surface area contributed by atoms with E-state index < -0.39 is 0 Å². The zero-order valence-corrected chi connectivity index (χ0v) is 12.2. The first-order valence-electron chi connectivity index (χ1n) is 6.61. The Balaban J connectivity index is 1.99. The molecule has 18 heavy (non-hydrogen) atoms. The minimum absolute atomic E-state index is 0.181. The summed E-state index contributed by atoms with van der Waals surface area (Å²) < 4.78 is 17.3. The van der Waals surface area contributed by atoms with E-state index in [9.17, 15) is 0 Å². The highest BCUT2D eigenvalue weighted by molar-refractivity contribution is 6.54. The Hall–Kier alpha value is -0.290. The van der Waals surface area contributed by atoms with E-state index in [1.807, 2.05) is 0 Å². The molecule has 0 N–H and O–H groups in total. The summed E-state index contributed by atoms with van der Waals surface area (Å²) >= 11 is 0. The van der Waals surface area contributed by atoms with Crippen LogP contribution in [0.15, 0.2) is 11.5 Å². The van der Waals surface area contributed by atoms with Gasteiger partial charge in [-0.3, -0.25) is 0 Å². The second-order valence-electron chi connectivity index (χ2n) is 6.11. The van der Waals surface area contributed by atoms with Crippen LogP contribution in [-0.2, 0) is 14.0 Å². The molecule has 0 bridgehead atoms. The Bertz CT molecular complexity index is 328. The summed E-state index contributed by atoms with van der Waals surface area (Å²) in [5.74, 6) is 0. The lowest BCUT2D eigenvalue weighted by Crippen LogP contribution is -2.41. The van der Waals surface area contributed by atoms with Crippen molar-refractivity contribution in [1.82, 2.24) is 4.81 Å². The quantitative estimate of drug-likeness (QED) is 0.704. The summed E-state index contributed by atoms with van der Waals surface area (Å²) in [4.78, 5) is 2.26. The SMILES string of the molecule is COBN1CC=C(B2OC(C)(C)C(C)(C)O2)CC1. The fourth-order valence-corrected chi connectivity index (χ4v) is 2.24. The van der Waals surface area contributed by atoms with E-state index in [0.29, 0.717) is 7.62 Å². The first kappa shape index (κ1) is 14.1. The molecule has 0 aromatic rings. The van der Waals surface area contributed by atoms with Crippen LogP contribution in [0, 0.1) is 0 Å². The maximum Gasteiger partial charge on any atom is 0.490 e. The van der Waals surface area contributed by atoms with E-state index in [4.69, 9.17) is 14.0 Å². The minimum atomic E-state index is -0.248. The van der Waals surface area contributed by atoms with Crippen LogP contribution in [0.25, 0.3) is 0 Å². The summed E-state index contributed by atoms with van der Waals surface area (Å²) in [5.41, 5.74) is 0.769. The van der Waals surface area contributed by atoms with E-state index >= 15 is 0 Å². The van der Waals surface area contributed by atoms with Gasteiger partial charge in [0.2, 0.25) is 0 Å². The van der Waals surface area contributed by atoms with Crippen molar-refractivity contribution < 1.29 is 14.0 Å². The van der Waals surface area contributed by atoms with Gasteiger partial charge in [-0.15, -0.1) is 0 Å². The Kier molecular flexibility index (Phi) is 3.93. The highest BCUT2D eigenvalue weighted by atomic mass is 16.7. The highest BCUT2D eigenvalue weighted by Crippen LogP contribution is 2.39. The molecule has 0 aliphatic carbocycles. The predicted molar refractivity (Wildman–Crippen MR) is 74.5 cm³/mol. The van der Waals surface area contributed by atoms with Crippen molar-refractivity contribution >= 4 is 14.7 Å². The summed E-state index contributed by atoms with van der Waals surface area (Å²) in [5, 5.41) is 0. The summed E-state index contributed by atoms with van der Waals surface area (Å²) in [6.45, 7) is 10.3. The monoisotopic (exact) mass is 251 g/mol. The third kappa shape index (κ3) is 2.67. The fourth-order valence-electron chi connectivity index (χ4n) is 2.24. The molecule has 0 saturated carbocycles. The van der Waals surface area contributed by atoms with Crippen molar-refractivity contribution in [1.29, 1.82) is 0 Å². The lowest BCUT2D eigenvalue weighted by Gasteiger charge is -2.32. The Morgan fingerprint density at radius 1 is 1.28 bits per heavy atom. The standard InChI is InChI=1S/C12H23B2NO3/c1-11(2)12(3,4)18-14(17-11)10-6-8-15(9-7-10)13-16-5/h6,13H,7-9H2,1-5H3. The zero-order chi connectivity index (χ0) is 13.4. The predicted octanol–water partition coefficient (Wildman–Crippen LogP) is 1.16. The molecule has 0 amide bonds. The molecule has 2 rings (SSSR count). The van der Waals surface area contributed by atoms with E-state index in [1.165, 1.54) is 5.47 Å². The third-order valence-electron chi connectivity index (χ3n) is 4.20. The maximum absolute atomic E-state index is 6.06. The molecule has 0 radical (unpaired) electrons. The molecule has 0 aromatic carbocycles. The average Bonchev–Trinajstić information content (AvgIpc) is 2.50. The Labute approximate surface area is 111 Å². The van der Waals surface area contributed by atoms with Crippen molar-refractivity contribution in [3.05, 3.63) is 11.5 Å². The Morgan fingerprint density at radius 3 is 2.33 bits per heavy atom. The summed E-state index contributed by atoms with van der Waals surface area (Å²) in [7, 11) is 2.24. The third-order valence-corrected chi connectivity index (χ3v) is 4.20. The van der Waals surface area contributed by atoms with Crippen LogP contribution in [0.3, 0.4) is 0 Å². The molecular weight excluding hydrogens is 228 g/mol. The normalized spacial score (nSPS) is 27.2. The van der Waals surface area contributed by atoms with Gasteiger partial charge in [-0.2, -0.15) is 0 Å². The molecule has 2 aliphatic heterocycles. The van der Waals surface area contributed by atoms with Crippen molar-refractivity contribution in [3.8, 4) is 0 Å². The first-order valence-corrected chi connectivity index (χ1v) is 6.61. The van der Waals surface area contributed by atoms with Gasteiger partial charge in [0.15, 0.2) is 0 Å². The average molecular weight is 251 g/mol. The van der Waals surface area contributed by atoms with Crippen LogP contribution in [-0.4, -0.2) is 50.9 Å². The second kappa shape index (κ2) is 5.00. The van der Waals surface area contributed by atoms with Gasteiger partial charge in [0.05, 0.1) is 11.2 Å². The zero-order valence-electron chi connectivity index (χ0n) is 12.2. The molecule has 4 nitrogen and oxygen atoms in total. The van der Waals surface area contributed by atoms with Gasteiger partial charge in [0, 0.05) is 13.7 Å². The topological polar surface area (TPSA) is 30.9 Å². The van der Waals surface area contributed by atoms with Gasteiger partial charge >= 0.3 is 14.7 Å². The summed E-state index contributed by atoms with van der Waals surface area (Å²) in [6, 6.07) is 0. The molecule has 6 heteroatoms. The molecular formula is C12H23B2NO3. The van der Waals surface area contributed by atoms with Crippen LogP contribution < -0.4 is 0 Å². The van der Waals surface area contributed by atoms with Crippen LogP contribution >= 0.6 is 0 Å². The smallest absolute Gasteiger partial charge is 0.427 e. The van der Waals surface area contributed by atoms with Crippen molar-refractivity contribution in [2.75, 3.05) is 20.2 Å². The van der Waals surface area contributed by atoms with Gasteiger partial charge in [0.25, 0.3) is 0 Å². The van der Waals surface area contributed by atoms with Crippen molar-refractivity contribution in [3.63, 3.8) is 0 Å². The van der Waals surface area contributed by atoms with Crippen LogP contribution in [0.2, 0.25) is 0 Å². The molecule has 2 aliphatic rings. The second-order valence-corrected chi connectivity index (χ2v) is 6.11. The van der Waals surface area contributed by atoms with Gasteiger partial charge in [-0.1, -0.05) is 6.08 Å². The lowest BCUT2D eigenvalue weighted by atomic mass is 9.74. The van der Waals surface area contributed by atoms with E-state index in [2.05, 4.69) is 38.6 Å². The van der Waals surface area contributed by atoms with Crippen molar-refractivity contribution in [2.24, 2.45) is 0 Å². The van der Waals surface area contributed by atoms with Gasteiger partial charge in [-0.05, 0) is 46.1 Å². The van der Waals surface area contributed by atoms with E-state index in [0.717, 1.165) is 19.5 Å². The number of rotatable bonds is 3. The van der Waals surface area contributed by atoms with Gasteiger partial charge < -0.3 is 18.8 Å². The molecule has 0 atom stereocenters. The highest BCUT2D eigenvalue weighted by Gasteiger charge is 2.52. The number of hydrogen-bond donors (Lipinski definition) is 0. The molecule has 1 saturated heterocycles. The van der Waals surface area contributed by atoms with E-state index in [1.54, 1.807) is 7.11 Å². The minimum Gasteiger partial charge on any atom is -0.427 e. The first-order chi connectivity index (χ1) is 8.36. The maximum atomic E-state index is 6.06. The number of nitrogens with zero attached hydrogens (tertiary/aromatic N) is 1. The van der Waals surface area contributed by atoms with Gasteiger partial charge in [-0.25, -0.2) is 0 Å². The lowest BCUT2D eigenvalue weighted by molar-refractivity contribution is 0.00578. The molecule has 0 unspecified atom stereocenters. The van der Waals surface area contributed by atoms with Crippen LogP contribution in [0.5, 0.6) is 0 Å². The molecule has 0 aromatic heterocycles. The largest absolute Gasteiger partial charge is 0.490 e. The molecule has 100 valence electrons. The molecule has 1 fully saturated rings. The Morgan fingerprint density at radius 2 is 1.89 bits per heavy atom. The van der Waals surface area contributed by atoms with E-state index in [-0.39, 0.29) is 18.3 Å². The summed E-state index contributed by atoms with van der Waals surface area (Å²) in [6.07, 6.45) is 3.20. The number of hydrogen-bond acceptors (Lipinski definition) is 4.